The number of hydrogen-bond acceptors (Lipinski definition) is 0. The summed E-state index contributed by atoms with van der Waals surface area (Å²) in [5.74, 6) is 0. The third-order valence-electron chi connectivity index (χ3n) is 1.41. The van der Waals surface area contributed by atoms with Crippen LogP contribution in [0.5, 0.6) is 0 Å². The van der Waals surface area contributed by atoms with Crippen molar-refractivity contribution in [1.82, 2.24) is 0 Å². The van der Waals surface area contributed by atoms with E-state index in [1.807, 2.05) is 12.2 Å². The van der Waals surface area contributed by atoms with Gasteiger partial charge in [0.1, 0.15) is 0 Å². The smallest absolute Gasteiger partial charge is 0.0142 e. The Hall–Kier alpha value is -0.570. The molecule has 0 aliphatic carbocycles. The van der Waals surface area contributed by atoms with Crippen molar-refractivity contribution < 1.29 is 0 Å². The highest BCUT2D eigenvalue weighted by molar-refractivity contribution is 14.1. The second-order valence-electron chi connectivity index (χ2n) is 2.23. The summed E-state index contributed by atoms with van der Waals surface area (Å²) in [6.07, 6.45) is 3.68. The van der Waals surface area contributed by atoms with Crippen LogP contribution >= 0.6 is 22.6 Å². The van der Waals surface area contributed by atoms with Gasteiger partial charge in [-0.1, -0.05) is 25.3 Å². The zero-order chi connectivity index (χ0) is 8.27. The fraction of sp³-hybridized carbons (Fsp3) is 0. The molecule has 0 amide bonds. The van der Waals surface area contributed by atoms with Crippen LogP contribution in [0.1, 0.15) is 11.1 Å². The van der Waals surface area contributed by atoms with Gasteiger partial charge in [-0.25, -0.2) is 0 Å². The third-order valence-corrected chi connectivity index (χ3v) is 2.04. The minimum atomic E-state index is 1.15. The van der Waals surface area contributed by atoms with Crippen molar-refractivity contribution in [3.05, 3.63) is 46.1 Å². The van der Waals surface area contributed by atoms with Gasteiger partial charge in [-0.15, -0.1) is 0 Å². The van der Waals surface area contributed by atoms with Crippen molar-refractivity contribution in [3.8, 4) is 0 Å². The van der Waals surface area contributed by atoms with Crippen molar-refractivity contribution in [2.75, 3.05) is 0 Å². The van der Waals surface area contributed by atoms with Gasteiger partial charge in [-0.3, -0.25) is 0 Å². The van der Waals surface area contributed by atoms with Crippen LogP contribution in [-0.2, 0) is 0 Å². The van der Waals surface area contributed by atoms with Gasteiger partial charge < -0.3 is 0 Å². The second kappa shape index (κ2) is 3.72. The Balaban J connectivity index is 3.21. The molecule has 0 radical (unpaired) electrons. The summed E-state index contributed by atoms with van der Waals surface area (Å²) < 4.78 is 1.22. The molecule has 0 N–H and O–H groups in total. The molecule has 0 aromatic heterocycles. The zero-order valence-corrected chi connectivity index (χ0v) is 8.34. The Morgan fingerprint density at radius 2 is 1.45 bits per heavy atom. The van der Waals surface area contributed by atoms with E-state index >= 15 is 0 Å². The predicted octanol–water partition coefficient (Wildman–Crippen LogP) is 3.58. The third kappa shape index (κ3) is 2.19. The zero-order valence-electron chi connectivity index (χ0n) is 6.18. The molecule has 1 heteroatoms. The normalized spacial score (nSPS) is 9.18. The fourth-order valence-electron chi connectivity index (χ4n) is 0.872. The van der Waals surface area contributed by atoms with E-state index in [2.05, 4.69) is 53.9 Å². The quantitative estimate of drug-likeness (QED) is 0.709. The van der Waals surface area contributed by atoms with Crippen molar-refractivity contribution in [1.29, 1.82) is 0 Å². The predicted molar refractivity (Wildman–Crippen MR) is 59.3 cm³/mol. The first-order valence-electron chi connectivity index (χ1n) is 3.31. The lowest BCUT2D eigenvalue weighted by Crippen LogP contribution is -1.78. The van der Waals surface area contributed by atoms with E-state index in [1.54, 1.807) is 0 Å². The highest BCUT2D eigenvalue weighted by atomic mass is 127. The summed E-state index contributed by atoms with van der Waals surface area (Å²) in [6, 6.07) is 6.23. The lowest BCUT2D eigenvalue weighted by Gasteiger charge is -1.97. The second-order valence-corrected chi connectivity index (χ2v) is 3.47. The Morgan fingerprint density at radius 3 is 1.82 bits per heavy atom. The van der Waals surface area contributed by atoms with Crippen LogP contribution in [0, 0.1) is 3.57 Å². The summed E-state index contributed by atoms with van der Waals surface area (Å²) >= 11 is 2.28. The Labute approximate surface area is 80.8 Å². The number of benzene rings is 1. The van der Waals surface area contributed by atoms with E-state index in [-0.39, 0.29) is 0 Å². The molecule has 1 rings (SSSR count). The first kappa shape index (κ1) is 8.53. The molecule has 11 heavy (non-hydrogen) atoms. The summed E-state index contributed by atoms with van der Waals surface area (Å²) in [5, 5.41) is 0. The van der Waals surface area contributed by atoms with E-state index in [0.717, 1.165) is 11.1 Å². The fourth-order valence-corrected chi connectivity index (χ4v) is 1.59. The van der Waals surface area contributed by atoms with Crippen LogP contribution in [0.4, 0.5) is 0 Å². The molecule has 0 saturated heterocycles. The molecule has 0 fully saturated rings. The van der Waals surface area contributed by atoms with Crippen molar-refractivity contribution in [2.45, 2.75) is 0 Å². The van der Waals surface area contributed by atoms with E-state index in [9.17, 15) is 0 Å². The van der Waals surface area contributed by atoms with E-state index < -0.39 is 0 Å². The van der Waals surface area contributed by atoms with Gasteiger partial charge in [0, 0.05) is 3.57 Å². The summed E-state index contributed by atoms with van der Waals surface area (Å²) in [6.45, 7) is 7.42. The molecule has 0 spiro atoms. The van der Waals surface area contributed by atoms with Gasteiger partial charge in [0.15, 0.2) is 0 Å². The molecule has 0 heterocycles. The highest BCUT2D eigenvalue weighted by Gasteiger charge is 1.92. The lowest BCUT2D eigenvalue weighted by atomic mass is 10.1. The Morgan fingerprint density at radius 1 is 1.00 bits per heavy atom. The molecule has 1 aromatic rings. The Bertz CT molecular complexity index is 261. The minimum absolute atomic E-state index is 1.15. The first-order valence-corrected chi connectivity index (χ1v) is 4.39. The SMILES string of the molecule is C=Cc1cc(I)cc(C=C)c1. The highest BCUT2D eigenvalue weighted by Crippen LogP contribution is 2.13. The number of halogens is 1. The molecular weight excluding hydrogens is 247 g/mol. The van der Waals surface area contributed by atoms with Gasteiger partial charge in [-0.05, 0) is 51.9 Å². The van der Waals surface area contributed by atoms with Crippen LogP contribution < -0.4 is 0 Å². The molecule has 0 aliphatic rings. The molecule has 0 unspecified atom stereocenters. The van der Waals surface area contributed by atoms with Crippen molar-refractivity contribution in [3.63, 3.8) is 0 Å². The van der Waals surface area contributed by atoms with Gasteiger partial charge in [0.2, 0.25) is 0 Å². The van der Waals surface area contributed by atoms with E-state index in [4.69, 9.17) is 0 Å². The minimum Gasteiger partial charge on any atom is -0.0985 e. The van der Waals surface area contributed by atoms with Crippen molar-refractivity contribution >= 4 is 34.7 Å². The first-order chi connectivity index (χ1) is 5.26. The molecule has 56 valence electrons. The molecule has 0 aliphatic heterocycles. The van der Waals surface area contributed by atoms with E-state index in [1.165, 1.54) is 3.57 Å². The average Bonchev–Trinajstić information content (AvgIpc) is 2.03. The van der Waals surface area contributed by atoms with Crippen LogP contribution in [0.15, 0.2) is 31.4 Å². The molecule has 0 bridgehead atoms. The molecule has 1 aromatic carbocycles. The van der Waals surface area contributed by atoms with Crippen molar-refractivity contribution in [2.24, 2.45) is 0 Å². The largest absolute Gasteiger partial charge is 0.0985 e. The maximum atomic E-state index is 3.71. The topological polar surface area (TPSA) is 0 Å². The average molecular weight is 256 g/mol. The van der Waals surface area contributed by atoms with Crippen LogP contribution in [0.25, 0.3) is 12.2 Å². The van der Waals surface area contributed by atoms with E-state index in [0.29, 0.717) is 0 Å². The van der Waals surface area contributed by atoms with Crippen LogP contribution in [0.3, 0.4) is 0 Å². The standard InChI is InChI=1S/C10H9I/c1-3-8-5-9(4-2)7-10(11)6-8/h3-7H,1-2H2. The molecule has 0 nitrogen and oxygen atoms in total. The summed E-state index contributed by atoms with van der Waals surface area (Å²) in [5.41, 5.74) is 2.29. The van der Waals surface area contributed by atoms with Crippen LogP contribution in [-0.4, -0.2) is 0 Å². The molecule has 0 atom stereocenters. The van der Waals surface area contributed by atoms with Gasteiger partial charge in [0.05, 0.1) is 0 Å². The maximum absolute atomic E-state index is 3.71. The monoisotopic (exact) mass is 256 g/mol. The molecular formula is C10H9I. The van der Waals surface area contributed by atoms with Gasteiger partial charge >= 0.3 is 0 Å². The lowest BCUT2D eigenvalue weighted by molar-refractivity contribution is 1.58. The van der Waals surface area contributed by atoms with Gasteiger partial charge in [0.25, 0.3) is 0 Å². The number of rotatable bonds is 2. The summed E-state index contributed by atoms with van der Waals surface area (Å²) in [7, 11) is 0. The molecule has 0 saturated carbocycles. The van der Waals surface area contributed by atoms with Crippen LogP contribution in [0.2, 0.25) is 0 Å². The number of hydrogen-bond donors (Lipinski definition) is 0. The Kier molecular flexibility index (Phi) is 2.88. The van der Waals surface area contributed by atoms with Gasteiger partial charge in [-0.2, -0.15) is 0 Å². The summed E-state index contributed by atoms with van der Waals surface area (Å²) in [4.78, 5) is 0. The maximum Gasteiger partial charge on any atom is 0.0142 e.